The van der Waals surface area contributed by atoms with Gasteiger partial charge in [-0.25, -0.2) is 0 Å². The van der Waals surface area contributed by atoms with Crippen LogP contribution in [0.25, 0.3) is 11.1 Å². The van der Waals surface area contributed by atoms with Crippen molar-refractivity contribution in [3.63, 3.8) is 0 Å². The van der Waals surface area contributed by atoms with Gasteiger partial charge in [0.25, 0.3) is 0 Å². The summed E-state index contributed by atoms with van der Waals surface area (Å²) in [5.41, 5.74) is 7.24. The predicted molar refractivity (Wildman–Crippen MR) is 121 cm³/mol. The van der Waals surface area contributed by atoms with E-state index >= 15 is 0 Å². The van der Waals surface area contributed by atoms with Crippen LogP contribution in [-0.2, 0) is 11.8 Å². The smallest absolute Gasteiger partial charge is 0.127 e. The minimum absolute atomic E-state index is 0.0766. The van der Waals surface area contributed by atoms with Crippen LogP contribution in [0, 0.1) is 0 Å². The fourth-order valence-electron chi connectivity index (χ4n) is 4.86. The maximum absolute atomic E-state index is 6.65. The fourth-order valence-corrected chi connectivity index (χ4v) is 5.18. The highest BCUT2D eigenvalue weighted by Crippen LogP contribution is 2.50. The summed E-state index contributed by atoms with van der Waals surface area (Å²) in [5, 5.41) is 0.842. The lowest BCUT2D eigenvalue weighted by Gasteiger charge is -2.45. The summed E-state index contributed by atoms with van der Waals surface area (Å²) in [6, 6.07) is 23.2. The van der Waals surface area contributed by atoms with E-state index in [4.69, 9.17) is 21.3 Å². The number of hydrogen-bond acceptors (Lipinski definition) is 2. The highest BCUT2D eigenvalue weighted by Gasteiger charge is 2.46. The van der Waals surface area contributed by atoms with E-state index in [0.29, 0.717) is 0 Å². The van der Waals surface area contributed by atoms with Gasteiger partial charge in [-0.3, -0.25) is 4.99 Å². The molecule has 0 amide bonds. The molecule has 0 aromatic heterocycles. The van der Waals surface area contributed by atoms with Crippen molar-refractivity contribution in [2.24, 2.45) is 4.99 Å². The summed E-state index contributed by atoms with van der Waals surface area (Å²) in [5.74, 6) is 0.901. The van der Waals surface area contributed by atoms with E-state index in [0.717, 1.165) is 42.1 Å². The molecule has 1 saturated carbocycles. The molecule has 0 radical (unpaired) electrons. The molecular weight excluding hydrogens is 378 g/mol. The topological polar surface area (TPSA) is 21.6 Å². The Kier molecular flexibility index (Phi) is 4.67. The van der Waals surface area contributed by atoms with E-state index < -0.39 is 0 Å². The van der Waals surface area contributed by atoms with Crippen LogP contribution in [0.3, 0.4) is 0 Å². The molecule has 0 atom stereocenters. The second-order valence-electron chi connectivity index (χ2n) is 7.97. The van der Waals surface area contributed by atoms with Crippen LogP contribution in [0.1, 0.15) is 36.0 Å². The number of ether oxygens (including phenoxy) is 1. The van der Waals surface area contributed by atoms with Gasteiger partial charge in [-0.05, 0) is 54.2 Å². The lowest BCUT2D eigenvalue weighted by atomic mass is 9.59. The quantitative estimate of drug-likeness (QED) is 0.490. The van der Waals surface area contributed by atoms with Crippen molar-refractivity contribution in [1.29, 1.82) is 0 Å². The molecule has 3 aromatic rings. The number of fused-ring (bicyclic) bond motifs is 1. The number of benzene rings is 3. The number of rotatable bonds is 4. The average molecular weight is 402 g/mol. The van der Waals surface area contributed by atoms with E-state index in [1.807, 2.05) is 18.2 Å². The zero-order valence-corrected chi connectivity index (χ0v) is 17.4. The molecule has 0 unspecified atom stereocenters. The standard InChI is InChI=1S/C26H24ClNO/c1-29-24-17-21-19(16-20(24)18-8-3-2-4-9-18)12-15-28-25(21)26(13-7-14-26)22-10-5-6-11-23(22)27/h2-6,8-11,16-17H,7,12-15H2,1H3. The minimum Gasteiger partial charge on any atom is -0.496 e. The number of aliphatic imine (C=N–C) groups is 1. The molecule has 1 aliphatic carbocycles. The molecular formula is C26H24ClNO. The van der Waals surface area contributed by atoms with Crippen LogP contribution in [0.2, 0.25) is 5.02 Å². The number of methoxy groups -OCH3 is 1. The normalized spacial score (nSPS) is 17.1. The first kappa shape index (κ1) is 18.4. The lowest BCUT2D eigenvalue weighted by molar-refractivity contribution is 0.339. The minimum atomic E-state index is -0.0766. The summed E-state index contributed by atoms with van der Waals surface area (Å²) in [7, 11) is 1.75. The van der Waals surface area contributed by atoms with Gasteiger partial charge in [0.2, 0.25) is 0 Å². The summed E-state index contributed by atoms with van der Waals surface area (Å²) < 4.78 is 5.83. The third-order valence-corrected chi connectivity index (χ3v) is 6.80. The van der Waals surface area contributed by atoms with E-state index in [1.54, 1.807) is 7.11 Å². The predicted octanol–water partition coefficient (Wildman–Crippen LogP) is 6.48. The number of nitrogens with zero attached hydrogens (tertiary/aromatic N) is 1. The zero-order chi connectivity index (χ0) is 19.8. The van der Waals surface area contributed by atoms with Crippen LogP contribution >= 0.6 is 11.6 Å². The van der Waals surface area contributed by atoms with Gasteiger partial charge in [-0.1, -0.05) is 66.6 Å². The zero-order valence-electron chi connectivity index (χ0n) is 16.6. The van der Waals surface area contributed by atoms with Crippen LogP contribution in [0.4, 0.5) is 0 Å². The Bertz CT molecular complexity index is 1080. The highest BCUT2D eigenvalue weighted by atomic mass is 35.5. The number of hydrogen-bond donors (Lipinski definition) is 0. The molecule has 1 heterocycles. The van der Waals surface area contributed by atoms with E-state index in [9.17, 15) is 0 Å². The van der Waals surface area contributed by atoms with Crippen molar-refractivity contribution in [3.05, 3.63) is 88.4 Å². The van der Waals surface area contributed by atoms with Gasteiger partial charge in [0.15, 0.2) is 0 Å². The summed E-state index contributed by atoms with van der Waals surface area (Å²) >= 11 is 6.65. The fraction of sp³-hybridized carbons (Fsp3) is 0.269. The average Bonchev–Trinajstić information content (AvgIpc) is 2.74. The lowest BCUT2D eigenvalue weighted by Crippen LogP contribution is -2.44. The Labute approximate surface area is 177 Å². The first-order valence-electron chi connectivity index (χ1n) is 10.3. The molecule has 2 nitrogen and oxygen atoms in total. The molecule has 0 N–H and O–H groups in total. The third kappa shape index (κ3) is 2.98. The van der Waals surface area contributed by atoms with Crippen molar-refractivity contribution in [2.75, 3.05) is 13.7 Å². The molecule has 0 bridgehead atoms. The number of halogens is 1. The molecule has 0 spiro atoms. The van der Waals surface area contributed by atoms with Crippen molar-refractivity contribution >= 4 is 17.3 Å². The van der Waals surface area contributed by atoms with E-state index in [-0.39, 0.29) is 5.41 Å². The molecule has 146 valence electrons. The van der Waals surface area contributed by atoms with Crippen molar-refractivity contribution < 1.29 is 4.74 Å². The van der Waals surface area contributed by atoms with Gasteiger partial charge in [-0.2, -0.15) is 0 Å². The monoisotopic (exact) mass is 401 g/mol. The Morgan fingerprint density at radius 1 is 0.931 bits per heavy atom. The Hall–Kier alpha value is -2.58. The Morgan fingerprint density at radius 3 is 2.38 bits per heavy atom. The van der Waals surface area contributed by atoms with Gasteiger partial charge < -0.3 is 4.74 Å². The molecule has 3 aromatic carbocycles. The van der Waals surface area contributed by atoms with E-state index in [2.05, 4.69) is 48.5 Å². The molecule has 1 aliphatic heterocycles. The summed E-state index contributed by atoms with van der Waals surface area (Å²) in [6.45, 7) is 0.828. The Morgan fingerprint density at radius 2 is 1.69 bits per heavy atom. The first-order valence-corrected chi connectivity index (χ1v) is 10.7. The first-order chi connectivity index (χ1) is 14.2. The molecule has 1 fully saturated rings. The second kappa shape index (κ2) is 7.35. The van der Waals surface area contributed by atoms with Crippen LogP contribution in [-0.4, -0.2) is 19.4 Å². The van der Waals surface area contributed by atoms with Gasteiger partial charge in [0.05, 0.1) is 12.8 Å². The maximum atomic E-state index is 6.65. The van der Waals surface area contributed by atoms with Gasteiger partial charge in [0.1, 0.15) is 5.75 Å². The maximum Gasteiger partial charge on any atom is 0.127 e. The summed E-state index contributed by atoms with van der Waals surface area (Å²) in [4.78, 5) is 5.06. The summed E-state index contributed by atoms with van der Waals surface area (Å²) in [6.07, 6.45) is 4.36. The molecule has 3 heteroatoms. The SMILES string of the molecule is COc1cc2c(cc1-c1ccccc1)CCN=C2C1(c2ccccc2Cl)CCC1. The van der Waals surface area contributed by atoms with Gasteiger partial charge in [-0.15, -0.1) is 0 Å². The second-order valence-corrected chi connectivity index (χ2v) is 8.38. The van der Waals surface area contributed by atoms with Gasteiger partial charge in [0, 0.05) is 28.1 Å². The van der Waals surface area contributed by atoms with Crippen LogP contribution < -0.4 is 4.74 Å². The van der Waals surface area contributed by atoms with Crippen molar-refractivity contribution in [3.8, 4) is 16.9 Å². The highest BCUT2D eigenvalue weighted by molar-refractivity contribution is 6.32. The molecule has 5 rings (SSSR count). The van der Waals surface area contributed by atoms with Gasteiger partial charge >= 0.3 is 0 Å². The van der Waals surface area contributed by atoms with Crippen molar-refractivity contribution in [2.45, 2.75) is 31.1 Å². The third-order valence-electron chi connectivity index (χ3n) is 6.47. The molecule has 29 heavy (non-hydrogen) atoms. The molecule has 2 aliphatic rings. The Balaban J connectivity index is 1.66. The van der Waals surface area contributed by atoms with Crippen LogP contribution in [0.15, 0.2) is 71.7 Å². The largest absolute Gasteiger partial charge is 0.496 e. The van der Waals surface area contributed by atoms with E-state index in [1.165, 1.54) is 34.4 Å². The van der Waals surface area contributed by atoms with Crippen molar-refractivity contribution in [1.82, 2.24) is 0 Å². The van der Waals surface area contributed by atoms with Crippen LogP contribution in [0.5, 0.6) is 5.75 Å². The molecule has 0 saturated heterocycles.